The van der Waals surface area contributed by atoms with Crippen molar-refractivity contribution >= 4 is 5.78 Å². The van der Waals surface area contributed by atoms with Gasteiger partial charge in [-0.25, -0.2) is 0 Å². The molecular formula is C21H34O2. The fourth-order valence-corrected chi connectivity index (χ4v) is 6.56. The van der Waals surface area contributed by atoms with Crippen LogP contribution in [0.3, 0.4) is 0 Å². The maximum atomic E-state index is 13.4. The standard InChI is InChI=1S/C21H34O2/c1-7-19(4)12-13-20(5)14(2)8-10-21(15(3)18(19)22)11-9-16(23-6)17(20)21/h7,14-17H,1,8-13H2,2-6H3/t14-,15+,16?,17?,19-,20-,21+/m1/s1. The maximum absolute atomic E-state index is 13.4. The van der Waals surface area contributed by atoms with E-state index in [0.717, 1.165) is 25.7 Å². The number of hydrogen-bond donors (Lipinski definition) is 0. The molecule has 0 heterocycles. The Morgan fingerprint density at radius 2 is 1.78 bits per heavy atom. The number of carbonyl (C=O) groups is 1. The van der Waals surface area contributed by atoms with Crippen LogP contribution in [-0.2, 0) is 9.53 Å². The largest absolute Gasteiger partial charge is 0.381 e. The SMILES string of the molecule is C=C[C@]1(C)CC[C@@]2(C)C3C(OC)CC[C@@]3(CC[C@H]2C)[C@@H](C)C1=O. The lowest BCUT2D eigenvalue weighted by Gasteiger charge is -2.59. The number of rotatable bonds is 2. The van der Waals surface area contributed by atoms with Crippen molar-refractivity contribution < 1.29 is 9.53 Å². The molecule has 0 N–H and O–H groups in total. The highest BCUT2D eigenvalue weighted by Gasteiger charge is 2.65. The van der Waals surface area contributed by atoms with E-state index in [4.69, 9.17) is 4.74 Å². The Kier molecular flexibility index (Phi) is 4.07. The molecule has 0 aromatic heterocycles. The lowest BCUT2D eigenvalue weighted by molar-refractivity contribution is -0.159. The van der Waals surface area contributed by atoms with E-state index in [9.17, 15) is 4.79 Å². The molecule has 0 spiro atoms. The molecule has 3 aliphatic carbocycles. The van der Waals surface area contributed by atoms with Crippen LogP contribution in [0.25, 0.3) is 0 Å². The summed E-state index contributed by atoms with van der Waals surface area (Å²) >= 11 is 0. The van der Waals surface area contributed by atoms with Crippen molar-refractivity contribution in [3.05, 3.63) is 12.7 Å². The Morgan fingerprint density at radius 3 is 2.39 bits per heavy atom. The average Bonchev–Trinajstić information content (AvgIpc) is 2.95. The van der Waals surface area contributed by atoms with Crippen LogP contribution in [0.1, 0.15) is 66.2 Å². The van der Waals surface area contributed by atoms with Crippen LogP contribution in [-0.4, -0.2) is 19.0 Å². The predicted octanol–water partition coefficient (Wildman–Crippen LogP) is 5.03. The highest BCUT2D eigenvalue weighted by atomic mass is 16.5. The second-order valence-electron chi connectivity index (χ2n) is 9.18. The van der Waals surface area contributed by atoms with Gasteiger partial charge in [-0.15, -0.1) is 6.58 Å². The minimum absolute atomic E-state index is 0.114. The first-order chi connectivity index (χ1) is 10.7. The number of methoxy groups -OCH3 is 1. The van der Waals surface area contributed by atoms with Gasteiger partial charge in [0, 0.05) is 18.4 Å². The molecule has 3 rings (SSSR count). The molecule has 0 saturated heterocycles. The molecular weight excluding hydrogens is 284 g/mol. The van der Waals surface area contributed by atoms with Gasteiger partial charge in [-0.05, 0) is 68.1 Å². The lowest BCUT2D eigenvalue weighted by atomic mass is 9.45. The fourth-order valence-electron chi connectivity index (χ4n) is 6.56. The summed E-state index contributed by atoms with van der Waals surface area (Å²) in [5.41, 5.74) is 0.0548. The third kappa shape index (κ3) is 2.13. The van der Waals surface area contributed by atoms with E-state index < -0.39 is 0 Å². The minimum Gasteiger partial charge on any atom is -0.381 e. The summed E-state index contributed by atoms with van der Waals surface area (Å²) in [6, 6.07) is 0. The molecule has 2 unspecified atom stereocenters. The van der Waals surface area contributed by atoms with Crippen LogP contribution in [0.15, 0.2) is 12.7 Å². The van der Waals surface area contributed by atoms with Crippen molar-refractivity contribution in [3.63, 3.8) is 0 Å². The Bertz CT molecular complexity index is 512. The van der Waals surface area contributed by atoms with Gasteiger partial charge in [0.25, 0.3) is 0 Å². The molecule has 0 aromatic rings. The third-order valence-corrected chi connectivity index (χ3v) is 8.52. The molecule has 0 aliphatic heterocycles. The summed E-state index contributed by atoms with van der Waals surface area (Å²) in [5.74, 6) is 1.76. The van der Waals surface area contributed by atoms with Gasteiger partial charge in [0.2, 0.25) is 0 Å². The van der Waals surface area contributed by atoms with E-state index in [0.29, 0.717) is 23.7 Å². The zero-order chi connectivity index (χ0) is 17.0. The van der Waals surface area contributed by atoms with Crippen molar-refractivity contribution in [1.29, 1.82) is 0 Å². The zero-order valence-corrected chi connectivity index (χ0v) is 15.7. The van der Waals surface area contributed by atoms with Gasteiger partial charge < -0.3 is 4.74 Å². The number of carbonyl (C=O) groups excluding carboxylic acids is 1. The highest BCUT2D eigenvalue weighted by molar-refractivity contribution is 5.89. The van der Waals surface area contributed by atoms with Crippen LogP contribution in [0, 0.1) is 34.0 Å². The average molecular weight is 319 g/mol. The van der Waals surface area contributed by atoms with Crippen LogP contribution >= 0.6 is 0 Å². The molecule has 130 valence electrons. The van der Waals surface area contributed by atoms with E-state index in [1.165, 1.54) is 12.8 Å². The summed E-state index contributed by atoms with van der Waals surface area (Å²) in [7, 11) is 1.87. The summed E-state index contributed by atoms with van der Waals surface area (Å²) < 4.78 is 5.95. The van der Waals surface area contributed by atoms with Crippen LogP contribution in [0.5, 0.6) is 0 Å². The van der Waals surface area contributed by atoms with Gasteiger partial charge in [0.1, 0.15) is 5.78 Å². The topological polar surface area (TPSA) is 26.3 Å². The van der Waals surface area contributed by atoms with Crippen molar-refractivity contribution in [2.24, 2.45) is 34.0 Å². The predicted molar refractivity (Wildman–Crippen MR) is 94.2 cm³/mol. The third-order valence-electron chi connectivity index (χ3n) is 8.52. The van der Waals surface area contributed by atoms with Crippen molar-refractivity contribution in [3.8, 4) is 0 Å². The smallest absolute Gasteiger partial charge is 0.145 e. The molecule has 2 nitrogen and oxygen atoms in total. The number of hydrogen-bond acceptors (Lipinski definition) is 2. The molecule has 7 atom stereocenters. The van der Waals surface area contributed by atoms with Crippen LogP contribution in [0.2, 0.25) is 0 Å². The highest BCUT2D eigenvalue weighted by Crippen LogP contribution is 2.68. The zero-order valence-electron chi connectivity index (χ0n) is 15.7. The van der Waals surface area contributed by atoms with Gasteiger partial charge in [-0.2, -0.15) is 0 Å². The molecule has 2 bridgehead atoms. The first kappa shape index (κ1) is 17.2. The normalized spacial score (nSPS) is 53.3. The van der Waals surface area contributed by atoms with Gasteiger partial charge in [0.05, 0.1) is 6.10 Å². The molecule has 0 radical (unpaired) electrons. The van der Waals surface area contributed by atoms with E-state index >= 15 is 0 Å². The van der Waals surface area contributed by atoms with Crippen molar-refractivity contribution in [2.75, 3.05) is 7.11 Å². The monoisotopic (exact) mass is 318 g/mol. The molecule has 0 aromatic carbocycles. The van der Waals surface area contributed by atoms with E-state index in [-0.39, 0.29) is 22.2 Å². The van der Waals surface area contributed by atoms with Crippen LogP contribution < -0.4 is 0 Å². The Balaban J connectivity index is 2.15. The first-order valence-corrected chi connectivity index (χ1v) is 9.46. The number of allylic oxidation sites excluding steroid dienone is 1. The van der Waals surface area contributed by atoms with Crippen LogP contribution in [0.4, 0.5) is 0 Å². The summed E-state index contributed by atoms with van der Waals surface area (Å²) in [4.78, 5) is 13.4. The van der Waals surface area contributed by atoms with Crippen molar-refractivity contribution in [1.82, 2.24) is 0 Å². The van der Waals surface area contributed by atoms with Gasteiger partial charge in [-0.3, -0.25) is 4.79 Å². The molecule has 3 aliphatic rings. The summed E-state index contributed by atoms with van der Waals surface area (Å²) in [6.07, 6.45) is 9.01. The molecule has 3 fully saturated rings. The van der Waals surface area contributed by atoms with E-state index in [1.54, 1.807) is 0 Å². The molecule has 3 saturated carbocycles. The molecule has 0 amide bonds. The fraction of sp³-hybridized carbons (Fsp3) is 0.857. The molecule has 23 heavy (non-hydrogen) atoms. The quantitative estimate of drug-likeness (QED) is 0.668. The second-order valence-corrected chi connectivity index (χ2v) is 9.18. The van der Waals surface area contributed by atoms with Gasteiger partial charge in [0.15, 0.2) is 0 Å². The summed E-state index contributed by atoms with van der Waals surface area (Å²) in [6.45, 7) is 13.2. The lowest BCUT2D eigenvalue weighted by Crippen LogP contribution is -2.57. The Morgan fingerprint density at radius 1 is 1.13 bits per heavy atom. The number of Topliss-reactive ketones (excluding diaryl/α,β-unsaturated/α-hetero) is 1. The Hall–Kier alpha value is -0.630. The van der Waals surface area contributed by atoms with Gasteiger partial charge in [-0.1, -0.05) is 26.8 Å². The molecule has 2 heteroatoms. The van der Waals surface area contributed by atoms with E-state index in [1.807, 2.05) is 13.2 Å². The second kappa shape index (κ2) is 5.44. The van der Waals surface area contributed by atoms with Gasteiger partial charge >= 0.3 is 0 Å². The van der Waals surface area contributed by atoms with E-state index in [2.05, 4.69) is 34.3 Å². The maximum Gasteiger partial charge on any atom is 0.145 e. The minimum atomic E-state index is -0.360. The number of ketones is 1. The number of ether oxygens (including phenoxy) is 1. The van der Waals surface area contributed by atoms with Crippen molar-refractivity contribution in [2.45, 2.75) is 72.3 Å². The summed E-state index contributed by atoms with van der Waals surface area (Å²) in [5, 5.41) is 0. The first-order valence-electron chi connectivity index (χ1n) is 9.46. The Labute approximate surface area is 142 Å².